The summed E-state index contributed by atoms with van der Waals surface area (Å²) >= 11 is 3.46. The quantitative estimate of drug-likeness (QED) is 0.866. The minimum atomic E-state index is -3.74. The van der Waals surface area contributed by atoms with Crippen LogP contribution in [-0.4, -0.2) is 20.4 Å². The zero-order chi connectivity index (χ0) is 15.6. The van der Waals surface area contributed by atoms with Gasteiger partial charge in [0.25, 0.3) is 10.0 Å². The van der Waals surface area contributed by atoms with Crippen LogP contribution in [0.1, 0.15) is 11.1 Å². The van der Waals surface area contributed by atoms with Gasteiger partial charge < -0.3 is 5.32 Å². The number of halogens is 1. The number of rotatable bonds is 4. The molecule has 2 rings (SSSR count). The fourth-order valence-electron chi connectivity index (χ4n) is 2.00. The molecule has 1 aromatic heterocycles. The highest BCUT2D eigenvalue weighted by atomic mass is 79.9. The van der Waals surface area contributed by atoms with E-state index in [4.69, 9.17) is 0 Å². The molecule has 0 aliphatic heterocycles. The highest BCUT2D eigenvalue weighted by molar-refractivity contribution is 9.10. The van der Waals surface area contributed by atoms with Gasteiger partial charge in [0.1, 0.15) is 0 Å². The Morgan fingerprint density at radius 2 is 1.81 bits per heavy atom. The zero-order valence-corrected chi connectivity index (χ0v) is 14.3. The number of hydrogen-bond acceptors (Lipinski definition) is 4. The topological polar surface area (TPSA) is 71.1 Å². The van der Waals surface area contributed by atoms with Crippen LogP contribution in [0.4, 0.5) is 11.4 Å². The molecule has 0 unspecified atom stereocenters. The Hall–Kier alpha value is -1.60. The van der Waals surface area contributed by atoms with Crippen LogP contribution < -0.4 is 10.0 Å². The third kappa shape index (κ3) is 3.36. The largest absolute Gasteiger partial charge is 0.386 e. The Labute approximate surface area is 133 Å². The first kappa shape index (κ1) is 15.8. The molecule has 0 amide bonds. The molecule has 1 aromatic carbocycles. The Balaban J connectivity index is 2.42. The summed E-state index contributed by atoms with van der Waals surface area (Å²) in [5.41, 5.74) is 2.89. The van der Waals surface area contributed by atoms with Gasteiger partial charge in [0.15, 0.2) is 5.03 Å². The Kier molecular flexibility index (Phi) is 4.53. The lowest BCUT2D eigenvalue weighted by Gasteiger charge is -2.13. The number of nitrogens with one attached hydrogen (secondary N) is 2. The van der Waals surface area contributed by atoms with E-state index in [2.05, 4.69) is 31.0 Å². The van der Waals surface area contributed by atoms with E-state index in [1.54, 1.807) is 31.3 Å². The minimum Gasteiger partial charge on any atom is -0.386 e. The van der Waals surface area contributed by atoms with Gasteiger partial charge in [-0.25, -0.2) is 4.98 Å². The van der Waals surface area contributed by atoms with Crippen molar-refractivity contribution in [1.29, 1.82) is 0 Å². The molecule has 1 heterocycles. The maximum atomic E-state index is 12.5. The molecule has 0 atom stereocenters. The van der Waals surface area contributed by atoms with Crippen LogP contribution >= 0.6 is 15.9 Å². The second-order valence-electron chi connectivity index (χ2n) is 4.64. The summed E-state index contributed by atoms with van der Waals surface area (Å²) in [5.74, 6) is 0. The molecule has 0 radical (unpaired) electrons. The number of aromatic nitrogens is 1. The van der Waals surface area contributed by atoms with Crippen LogP contribution in [0.3, 0.4) is 0 Å². The van der Waals surface area contributed by atoms with E-state index in [-0.39, 0.29) is 5.03 Å². The second-order valence-corrected chi connectivity index (χ2v) is 7.03. The number of nitrogens with zero attached hydrogens (tertiary/aromatic N) is 1. The van der Waals surface area contributed by atoms with Crippen molar-refractivity contribution in [1.82, 2.24) is 4.98 Å². The third-order valence-electron chi connectivity index (χ3n) is 2.98. The van der Waals surface area contributed by atoms with Crippen molar-refractivity contribution in [3.8, 4) is 0 Å². The lowest BCUT2D eigenvalue weighted by molar-refractivity contribution is 0.598. The fraction of sp³-hybridized carbons (Fsp3) is 0.214. The van der Waals surface area contributed by atoms with Crippen molar-refractivity contribution >= 4 is 37.3 Å². The summed E-state index contributed by atoms with van der Waals surface area (Å²) in [6.45, 7) is 3.82. The van der Waals surface area contributed by atoms with Gasteiger partial charge in [0.05, 0.1) is 5.69 Å². The lowest BCUT2D eigenvalue weighted by Crippen LogP contribution is -2.16. The molecule has 0 spiro atoms. The van der Waals surface area contributed by atoms with E-state index in [0.717, 1.165) is 15.6 Å². The first-order valence-electron chi connectivity index (χ1n) is 6.27. The summed E-state index contributed by atoms with van der Waals surface area (Å²) in [6, 6.07) is 6.89. The summed E-state index contributed by atoms with van der Waals surface area (Å²) in [7, 11) is -2.08. The van der Waals surface area contributed by atoms with Gasteiger partial charge in [0.2, 0.25) is 0 Å². The summed E-state index contributed by atoms with van der Waals surface area (Å²) in [6.07, 6.45) is 1.45. The number of sulfonamides is 1. The first-order valence-corrected chi connectivity index (χ1v) is 8.55. The molecule has 0 saturated heterocycles. The maximum Gasteiger partial charge on any atom is 0.281 e. The molecule has 0 fully saturated rings. The normalized spacial score (nSPS) is 11.2. The highest BCUT2D eigenvalue weighted by Crippen LogP contribution is 2.27. The molecule has 0 bridgehead atoms. The molecular formula is C14H16BrN3O2S. The molecule has 5 nitrogen and oxygen atoms in total. The van der Waals surface area contributed by atoms with Gasteiger partial charge in [-0.15, -0.1) is 0 Å². The van der Waals surface area contributed by atoms with Crippen molar-refractivity contribution in [2.24, 2.45) is 0 Å². The van der Waals surface area contributed by atoms with E-state index in [1.807, 2.05) is 13.8 Å². The molecule has 0 saturated carbocycles. The fourth-order valence-corrected chi connectivity index (χ4v) is 3.42. The summed E-state index contributed by atoms with van der Waals surface area (Å²) in [4.78, 5) is 3.96. The monoisotopic (exact) mass is 369 g/mol. The van der Waals surface area contributed by atoms with Gasteiger partial charge in [-0.2, -0.15) is 8.42 Å². The second kappa shape index (κ2) is 6.03. The Morgan fingerprint density at radius 1 is 1.19 bits per heavy atom. The van der Waals surface area contributed by atoms with Crippen LogP contribution in [0.15, 0.2) is 40.0 Å². The van der Waals surface area contributed by atoms with Gasteiger partial charge in [-0.05, 0) is 49.2 Å². The number of benzene rings is 1. The maximum absolute atomic E-state index is 12.5. The molecule has 21 heavy (non-hydrogen) atoms. The molecule has 7 heteroatoms. The number of pyridine rings is 1. The lowest BCUT2D eigenvalue weighted by atomic mass is 10.1. The van der Waals surface area contributed by atoms with Gasteiger partial charge >= 0.3 is 0 Å². The molecule has 0 aliphatic rings. The molecule has 2 N–H and O–H groups in total. The van der Waals surface area contributed by atoms with Gasteiger partial charge in [-0.3, -0.25) is 4.72 Å². The molecule has 2 aromatic rings. The zero-order valence-electron chi connectivity index (χ0n) is 11.9. The average molecular weight is 370 g/mol. The van der Waals surface area contributed by atoms with Crippen LogP contribution in [0.25, 0.3) is 0 Å². The minimum absolute atomic E-state index is 0.0225. The van der Waals surface area contributed by atoms with Crippen molar-refractivity contribution in [2.45, 2.75) is 18.9 Å². The third-order valence-corrected chi connectivity index (χ3v) is 5.57. The van der Waals surface area contributed by atoms with Crippen molar-refractivity contribution in [3.63, 3.8) is 0 Å². The van der Waals surface area contributed by atoms with Crippen LogP contribution in [-0.2, 0) is 10.0 Å². The average Bonchev–Trinajstić information content (AvgIpc) is 2.44. The van der Waals surface area contributed by atoms with Crippen LogP contribution in [0, 0.1) is 13.8 Å². The molecule has 112 valence electrons. The van der Waals surface area contributed by atoms with E-state index >= 15 is 0 Å². The predicted molar refractivity (Wildman–Crippen MR) is 88.2 cm³/mol. The Bertz CT molecular complexity index is 753. The Morgan fingerprint density at radius 3 is 2.38 bits per heavy atom. The van der Waals surface area contributed by atoms with Crippen LogP contribution in [0.5, 0.6) is 0 Å². The van der Waals surface area contributed by atoms with E-state index in [9.17, 15) is 8.42 Å². The summed E-state index contributed by atoms with van der Waals surface area (Å²) < 4.78 is 28.5. The molecular weight excluding hydrogens is 354 g/mol. The predicted octanol–water partition coefficient (Wildman–Crippen LogP) is 3.30. The first-order chi connectivity index (χ1) is 9.85. The van der Waals surface area contributed by atoms with Crippen LogP contribution in [0.2, 0.25) is 0 Å². The smallest absolute Gasteiger partial charge is 0.281 e. The number of aryl methyl sites for hydroxylation is 2. The van der Waals surface area contributed by atoms with Crippen molar-refractivity contribution in [3.05, 3.63) is 46.1 Å². The standard InChI is InChI=1S/C14H16BrN3O2S/c1-9-7-11(8-10(2)13(9)15)18-21(19,20)14-12(16-3)5-4-6-17-14/h4-8,16,18H,1-3H3. The SMILES string of the molecule is CNc1cccnc1S(=O)(=O)Nc1cc(C)c(Br)c(C)c1. The number of anilines is 2. The van der Waals surface area contributed by atoms with E-state index < -0.39 is 10.0 Å². The van der Waals surface area contributed by atoms with Crippen molar-refractivity contribution < 1.29 is 8.42 Å². The highest BCUT2D eigenvalue weighted by Gasteiger charge is 2.20. The summed E-state index contributed by atoms with van der Waals surface area (Å²) in [5, 5.41) is 2.81. The van der Waals surface area contributed by atoms with Crippen molar-refractivity contribution in [2.75, 3.05) is 17.1 Å². The van der Waals surface area contributed by atoms with Gasteiger partial charge in [-0.1, -0.05) is 15.9 Å². The number of hydrogen-bond donors (Lipinski definition) is 2. The van der Waals surface area contributed by atoms with E-state index in [0.29, 0.717) is 11.4 Å². The van der Waals surface area contributed by atoms with Gasteiger partial charge in [0, 0.05) is 23.4 Å². The molecule has 0 aliphatic carbocycles. The van der Waals surface area contributed by atoms with E-state index in [1.165, 1.54) is 6.20 Å².